The number of primary sulfonamides is 1. The van der Waals surface area contributed by atoms with Gasteiger partial charge >= 0.3 is 5.84 Å². The highest BCUT2D eigenvalue weighted by molar-refractivity contribution is 7.89. The van der Waals surface area contributed by atoms with E-state index in [9.17, 15) is 8.42 Å². The van der Waals surface area contributed by atoms with Crippen LogP contribution >= 0.6 is 0 Å². The number of amidine groups is 1. The first-order valence-corrected chi connectivity index (χ1v) is 13.6. The summed E-state index contributed by atoms with van der Waals surface area (Å²) in [5.41, 5.74) is 3.67. The molecule has 1 saturated heterocycles. The van der Waals surface area contributed by atoms with Crippen molar-refractivity contribution in [2.75, 3.05) is 13.1 Å². The van der Waals surface area contributed by atoms with E-state index < -0.39 is 10.0 Å². The maximum atomic E-state index is 12.2. The van der Waals surface area contributed by atoms with Gasteiger partial charge in [0.05, 0.1) is 15.6 Å². The number of sulfonamides is 1. The van der Waals surface area contributed by atoms with Gasteiger partial charge in [-0.15, -0.1) is 0 Å². The number of allylic oxidation sites excluding steroid dienone is 3. The lowest BCUT2D eigenvalue weighted by Gasteiger charge is -2.40. The fourth-order valence-corrected chi connectivity index (χ4v) is 7.09. The third-order valence-corrected chi connectivity index (χ3v) is 9.09. The molecule has 1 heterocycles. The van der Waals surface area contributed by atoms with E-state index in [-0.39, 0.29) is 16.3 Å². The van der Waals surface area contributed by atoms with Gasteiger partial charge < -0.3 is 10.6 Å². The van der Waals surface area contributed by atoms with Gasteiger partial charge in [-0.05, 0) is 67.7 Å². The maximum Gasteiger partial charge on any atom is 0.352 e. The standard InChI is InChI=1S/C24H33N7O2S/c25-23(30-31-26)21-18(5-3-6-20(21)34(27,32)33)16-9-7-15(8-10-16)13-28-22-17-4-1-2-11-24(29-14-17)12-19(22)24/h3,5-7,9,17,19,22,28-29H,1-2,4,8,10-14H2,(H3,25,26,30)(H2,27,32,33)/p+1/t17-,19-,22?,24?/m0/s1. The number of hydrogen-bond donors (Lipinski definition) is 5. The highest BCUT2D eigenvalue weighted by Gasteiger charge is 2.61. The second-order valence-electron chi connectivity index (χ2n) is 10.1. The fourth-order valence-electron chi connectivity index (χ4n) is 6.32. The van der Waals surface area contributed by atoms with E-state index in [0.717, 1.165) is 43.3 Å². The van der Waals surface area contributed by atoms with Crippen molar-refractivity contribution in [1.82, 2.24) is 10.6 Å². The molecule has 0 aromatic heterocycles. The van der Waals surface area contributed by atoms with Crippen molar-refractivity contribution in [3.8, 4) is 0 Å². The van der Waals surface area contributed by atoms with Gasteiger partial charge in [-0.1, -0.05) is 42.7 Å². The van der Waals surface area contributed by atoms with Gasteiger partial charge in [0.2, 0.25) is 10.0 Å². The van der Waals surface area contributed by atoms with Gasteiger partial charge in [0.15, 0.2) is 0 Å². The van der Waals surface area contributed by atoms with Gasteiger partial charge in [-0.3, -0.25) is 11.3 Å². The Bertz CT molecular complexity index is 1180. The Kier molecular flexibility index (Phi) is 6.18. The van der Waals surface area contributed by atoms with Crippen molar-refractivity contribution in [2.45, 2.75) is 61.4 Å². The molecule has 2 bridgehead atoms. The van der Waals surface area contributed by atoms with E-state index in [4.69, 9.17) is 16.4 Å². The van der Waals surface area contributed by atoms with Crippen LogP contribution < -0.4 is 27.0 Å². The normalized spacial score (nSPS) is 30.8. The number of fused-ring (bicyclic) bond motifs is 1. The molecule has 1 aliphatic heterocycles. The molecule has 9 nitrogen and oxygen atoms in total. The molecule has 2 saturated carbocycles. The number of piperidine rings is 1. The predicted octanol–water partition coefficient (Wildman–Crippen LogP) is 0.780. The van der Waals surface area contributed by atoms with Crippen LogP contribution in [0.4, 0.5) is 0 Å². The second kappa shape index (κ2) is 8.99. The first kappa shape index (κ1) is 23.3. The second-order valence-corrected chi connectivity index (χ2v) is 11.6. The molecule has 4 aliphatic rings. The number of nitrogens with one attached hydrogen (secondary N) is 2. The molecule has 1 aromatic rings. The summed E-state index contributed by atoms with van der Waals surface area (Å²) >= 11 is 0. The Labute approximate surface area is 200 Å². The van der Waals surface area contributed by atoms with Crippen LogP contribution in [0.5, 0.6) is 0 Å². The van der Waals surface area contributed by atoms with Gasteiger partial charge in [0, 0.05) is 23.3 Å². The van der Waals surface area contributed by atoms with E-state index in [1.54, 1.807) is 6.07 Å². The monoisotopic (exact) mass is 484 g/mol. The van der Waals surface area contributed by atoms with Crippen LogP contribution in [0.25, 0.3) is 5.57 Å². The third-order valence-electron chi connectivity index (χ3n) is 8.14. The van der Waals surface area contributed by atoms with Gasteiger partial charge in [0.25, 0.3) is 0 Å². The van der Waals surface area contributed by atoms with Crippen molar-refractivity contribution in [3.63, 3.8) is 0 Å². The van der Waals surface area contributed by atoms with Crippen LogP contribution in [-0.4, -0.2) is 38.9 Å². The molecule has 1 aromatic carbocycles. The van der Waals surface area contributed by atoms with E-state index in [2.05, 4.69) is 27.0 Å². The summed E-state index contributed by atoms with van der Waals surface area (Å²) in [6.45, 7) is 2.02. The molecule has 4 atom stereocenters. The minimum Gasteiger partial charge on any atom is -0.311 e. The van der Waals surface area contributed by atoms with Crippen LogP contribution in [0.15, 0.2) is 51.2 Å². The molecule has 0 spiro atoms. The van der Waals surface area contributed by atoms with Crippen molar-refractivity contribution < 1.29 is 13.8 Å². The van der Waals surface area contributed by atoms with E-state index >= 15 is 0 Å². The van der Waals surface area contributed by atoms with Crippen molar-refractivity contribution >= 4 is 21.4 Å². The predicted molar refractivity (Wildman–Crippen MR) is 131 cm³/mol. The topological polar surface area (TPSA) is 161 Å². The lowest BCUT2D eigenvalue weighted by Crippen LogP contribution is -2.54. The Morgan fingerprint density at radius 2 is 2.12 bits per heavy atom. The summed E-state index contributed by atoms with van der Waals surface area (Å²) in [7, 11) is -4.00. The number of hydrogen-bond acceptors (Lipinski definition) is 5. The molecule has 0 amide bonds. The smallest absolute Gasteiger partial charge is 0.311 e. The van der Waals surface area contributed by atoms with Gasteiger partial charge in [-0.25, -0.2) is 13.6 Å². The zero-order valence-corrected chi connectivity index (χ0v) is 20.2. The Balaban J connectivity index is 1.35. The number of nitrogens with two attached hydrogens (primary N) is 3. The zero-order valence-electron chi connectivity index (χ0n) is 19.3. The Morgan fingerprint density at radius 3 is 2.85 bits per heavy atom. The minimum absolute atomic E-state index is 0.0780. The lowest BCUT2D eigenvalue weighted by atomic mass is 9.81. The molecule has 182 valence electrons. The summed E-state index contributed by atoms with van der Waals surface area (Å²) in [4.78, 5) is -0.0847. The SMILES string of the molecule is NN=NC(=[NH2+])c1c(C2=CC=C(CNC3[C@H]4CCCCC5(C[C@@H]35)NC4)CC2)cccc1S(N)(=O)=O. The summed E-state index contributed by atoms with van der Waals surface area (Å²) < 4.78 is 24.4. The summed E-state index contributed by atoms with van der Waals surface area (Å²) in [6.07, 6.45) is 12.5. The van der Waals surface area contributed by atoms with Gasteiger partial charge in [0.1, 0.15) is 0 Å². The van der Waals surface area contributed by atoms with E-state index in [1.165, 1.54) is 43.7 Å². The first-order valence-electron chi connectivity index (χ1n) is 12.1. The van der Waals surface area contributed by atoms with E-state index in [0.29, 0.717) is 17.1 Å². The van der Waals surface area contributed by atoms with Crippen molar-refractivity contribution in [1.29, 1.82) is 0 Å². The molecule has 34 heavy (non-hydrogen) atoms. The first-order chi connectivity index (χ1) is 16.3. The molecule has 8 N–H and O–H groups in total. The highest BCUT2D eigenvalue weighted by Crippen LogP contribution is 2.55. The van der Waals surface area contributed by atoms with Crippen molar-refractivity contribution in [3.05, 3.63) is 47.1 Å². The molecular weight excluding hydrogens is 450 g/mol. The molecule has 0 radical (unpaired) electrons. The fraction of sp³-hybridized carbons (Fsp3) is 0.542. The summed E-state index contributed by atoms with van der Waals surface area (Å²) in [6, 6.07) is 5.51. The molecular formula is C24H34N7O2S+. The van der Waals surface area contributed by atoms with Crippen LogP contribution in [0, 0.1) is 11.8 Å². The quantitative estimate of drug-likeness (QED) is 0.132. The highest BCUT2D eigenvalue weighted by atomic mass is 32.2. The lowest BCUT2D eigenvalue weighted by molar-refractivity contribution is -0.114. The minimum atomic E-state index is -4.00. The average molecular weight is 485 g/mol. The molecule has 3 aliphatic carbocycles. The van der Waals surface area contributed by atoms with E-state index in [1.807, 2.05) is 12.1 Å². The molecule has 5 rings (SSSR count). The van der Waals surface area contributed by atoms with Crippen LogP contribution in [-0.2, 0) is 10.0 Å². The largest absolute Gasteiger partial charge is 0.352 e. The maximum absolute atomic E-state index is 12.2. The number of rotatable bonds is 6. The third kappa shape index (κ3) is 4.35. The summed E-state index contributed by atoms with van der Waals surface area (Å²) in [5.74, 6) is 6.57. The van der Waals surface area contributed by atoms with Crippen LogP contribution in [0.1, 0.15) is 56.1 Å². The van der Waals surface area contributed by atoms with Crippen LogP contribution in [0.3, 0.4) is 0 Å². The molecule has 3 fully saturated rings. The zero-order chi connectivity index (χ0) is 23.9. The molecule has 2 unspecified atom stereocenters. The molecule has 10 heteroatoms. The van der Waals surface area contributed by atoms with Crippen molar-refractivity contribution in [2.24, 2.45) is 33.2 Å². The van der Waals surface area contributed by atoms with Gasteiger partial charge in [-0.2, -0.15) is 0 Å². The summed E-state index contributed by atoms with van der Waals surface area (Å²) in [5, 5.41) is 26.1. The Hall–Kier alpha value is -2.40. The average Bonchev–Trinajstić information content (AvgIpc) is 3.53. The van der Waals surface area contributed by atoms with Crippen LogP contribution in [0.2, 0.25) is 0 Å². The number of benzene rings is 1. The Morgan fingerprint density at radius 1 is 1.26 bits per heavy atom. The number of nitrogens with zero attached hydrogens (tertiary/aromatic N) is 2.